The van der Waals surface area contributed by atoms with Crippen LogP contribution in [0, 0.1) is 0 Å². The molecule has 1 aromatic carbocycles. The van der Waals surface area contributed by atoms with E-state index in [1.807, 2.05) is 13.0 Å². The molecule has 2 aromatic rings. The number of aliphatic imine (C=N–C) groups is 1. The predicted octanol–water partition coefficient (Wildman–Crippen LogP) is 2.88. The highest BCUT2D eigenvalue weighted by Gasteiger charge is 2.13. The molecule has 0 aliphatic rings. The molecule has 136 valence electrons. The summed E-state index contributed by atoms with van der Waals surface area (Å²) in [7, 11) is -3.28. The lowest BCUT2D eigenvalue weighted by molar-refractivity contribution is 0.594. The first-order valence-electron chi connectivity index (χ1n) is 8.35. The number of hydrogen-bond acceptors (Lipinski definition) is 4. The molecule has 2 N–H and O–H groups in total. The van der Waals surface area contributed by atoms with Crippen molar-refractivity contribution in [2.75, 3.05) is 25.4 Å². The Bertz CT molecular complexity index is 757. The van der Waals surface area contributed by atoms with Crippen molar-refractivity contribution in [3.63, 3.8) is 0 Å². The summed E-state index contributed by atoms with van der Waals surface area (Å²) in [5.74, 6) is 1.00. The van der Waals surface area contributed by atoms with E-state index in [1.165, 1.54) is 5.56 Å². The average molecular weight is 380 g/mol. The molecule has 1 aromatic heterocycles. The van der Waals surface area contributed by atoms with Crippen LogP contribution in [-0.4, -0.2) is 39.8 Å². The summed E-state index contributed by atoms with van der Waals surface area (Å²) in [5.41, 5.74) is 1.27. The summed E-state index contributed by atoms with van der Waals surface area (Å²) in [4.78, 5) is 4.92. The Hall–Kier alpha value is -1.86. The lowest BCUT2D eigenvalue weighted by Gasteiger charge is -2.13. The van der Waals surface area contributed by atoms with Gasteiger partial charge in [-0.2, -0.15) is 11.3 Å². The van der Waals surface area contributed by atoms with Crippen molar-refractivity contribution in [2.24, 2.45) is 4.99 Å². The molecule has 0 saturated heterocycles. The number of benzene rings is 1. The lowest BCUT2D eigenvalue weighted by Crippen LogP contribution is -2.39. The molecular weight excluding hydrogens is 354 g/mol. The van der Waals surface area contributed by atoms with E-state index in [9.17, 15) is 8.42 Å². The molecule has 0 saturated carbocycles. The van der Waals surface area contributed by atoms with E-state index in [0.29, 0.717) is 29.9 Å². The van der Waals surface area contributed by atoms with Crippen molar-refractivity contribution in [3.8, 4) is 0 Å². The van der Waals surface area contributed by atoms with Crippen LogP contribution in [0.5, 0.6) is 0 Å². The quantitative estimate of drug-likeness (QED) is 0.546. The number of guanidine groups is 1. The molecule has 0 fully saturated rings. The highest BCUT2D eigenvalue weighted by molar-refractivity contribution is 7.91. The van der Waals surface area contributed by atoms with E-state index in [1.54, 1.807) is 35.6 Å². The predicted molar refractivity (Wildman–Crippen MR) is 105 cm³/mol. The van der Waals surface area contributed by atoms with Gasteiger partial charge in [-0.05, 0) is 41.4 Å². The second-order valence-corrected chi connectivity index (χ2v) is 8.63. The zero-order valence-corrected chi connectivity index (χ0v) is 16.2. The first-order valence-corrected chi connectivity index (χ1v) is 10.9. The molecule has 7 heteroatoms. The molecule has 1 atom stereocenters. The average Bonchev–Trinajstić information content (AvgIpc) is 3.15. The van der Waals surface area contributed by atoms with E-state index in [4.69, 9.17) is 0 Å². The first-order chi connectivity index (χ1) is 12.0. The van der Waals surface area contributed by atoms with Gasteiger partial charge < -0.3 is 10.6 Å². The van der Waals surface area contributed by atoms with Crippen molar-refractivity contribution in [2.45, 2.75) is 24.7 Å². The molecule has 1 heterocycles. The Labute approximate surface area is 154 Å². The van der Waals surface area contributed by atoms with Gasteiger partial charge in [0.2, 0.25) is 0 Å². The van der Waals surface area contributed by atoms with Gasteiger partial charge in [0.05, 0.1) is 10.6 Å². The van der Waals surface area contributed by atoms with E-state index < -0.39 is 9.84 Å². The Kier molecular flexibility index (Phi) is 7.46. The zero-order chi connectivity index (χ0) is 18.1. The second-order valence-electron chi connectivity index (χ2n) is 5.74. The summed E-state index contributed by atoms with van der Waals surface area (Å²) in [5, 5.41) is 10.5. The van der Waals surface area contributed by atoms with Gasteiger partial charge in [0, 0.05) is 25.6 Å². The van der Waals surface area contributed by atoms with Crippen LogP contribution in [0.15, 0.2) is 57.0 Å². The van der Waals surface area contributed by atoms with Gasteiger partial charge in [0.15, 0.2) is 15.8 Å². The number of sulfone groups is 1. The van der Waals surface area contributed by atoms with E-state index in [0.717, 1.165) is 6.54 Å². The van der Waals surface area contributed by atoms with E-state index >= 15 is 0 Å². The number of rotatable bonds is 8. The van der Waals surface area contributed by atoms with Gasteiger partial charge in [-0.15, -0.1) is 0 Å². The summed E-state index contributed by atoms with van der Waals surface area (Å²) in [6.07, 6.45) is 0. The van der Waals surface area contributed by atoms with Crippen LogP contribution in [0.3, 0.4) is 0 Å². The van der Waals surface area contributed by atoms with Gasteiger partial charge in [0.1, 0.15) is 0 Å². The zero-order valence-electron chi connectivity index (χ0n) is 14.6. The third kappa shape index (κ3) is 6.17. The summed E-state index contributed by atoms with van der Waals surface area (Å²) in [6, 6.07) is 10.6. The van der Waals surface area contributed by atoms with E-state index in [-0.39, 0.29) is 5.75 Å². The van der Waals surface area contributed by atoms with Crippen LogP contribution in [0.2, 0.25) is 0 Å². The topological polar surface area (TPSA) is 70.6 Å². The summed E-state index contributed by atoms with van der Waals surface area (Å²) in [6.45, 7) is 5.81. The third-order valence-corrected chi connectivity index (χ3v) is 6.18. The normalized spacial score (nSPS) is 13.4. The first kappa shape index (κ1) is 19.5. The van der Waals surface area contributed by atoms with Gasteiger partial charge in [-0.3, -0.25) is 4.99 Å². The molecule has 0 aliphatic heterocycles. The van der Waals surface area contributed by atoms with Crippen molar-refractivity contribution in [3.05, 3.63) is 52.7 Å². The van der Waals surface area contributed by atoms with Gasteiger partial charge in [-0.25, -0.2) is 8.42 Å². The number of hydrogen-bond donors (Lipinski definition) is 2. The summed E-state index contributed by atoms with van der Waals surface area (Å²) >= 11 is 1.68. The minimum Gasteiger partial charge on any atom is -0.357 e. The highest BCUT2D eigenvalue weighted by atomic mass is 32.2. The van der Waals surface area contributed by atoms with Crippen molar-refractivity contribution in [1.29, 1.82) is 0 Å². The Morgan fingerprint density at radius 2 is 1.96 bits per heavy atom. The number of thiophene rings is 1. The molecule has 0 aliphatic carbocycles. The molecule has 1 unspecified atom stereocenters. The molecule has 25 heavy (non-hydrogen) atoms. The minimum atomic E-state index is -3.28. The fourth-order valence-corrected chi connectivity index (χ4v) is 4.24. The van der Waals surface area contributed by atoms with Crippen LogP contribution in [-0.2, 0) is 9.84 Å². The number of nitrogens with zero attached hydrogens (tertiary/aromatic N) is 1. The van der Waals surface area contributed by atoms with E-state index in [2.05, 4.69) is 39.4 Å². The molecule has 0 bridgehead atoms. The monoisotopic (exact) mass is 379 g/mol. The van der Waals surface area contributed by atoms with Gasteiger partial charge >= 0.3 is 0 Å². The molecule has 0 spiro atoms. The number of nitrogens with one attached hydrogen (secondary N) is 2. The second kappa shape index (κ2) is 9.58. The molecule has 0 radical (unpaired) electrons. The minimum absolute atomic E-state index is 0.0293. The maximum absolute atomic E-state index is 12.3. The van der Waals surface area contributed by atoms with Gasteiger partial charge in [0.25, 0.3) is 0 Å². The van der Waals surface area contributed by atoms with Crippen LogP contribution in [0.4, 0.5) is 0 Å². The van der Waals surface area contributed by atoms with Crippen molar-refractivity contribution in [1.82, 2.24) is 10.6 Å². The summed E-state index contributed by atoms with van der Waals surface area (Å²) < 4.78 is 24.6. The third-order valence-electron chi connectivity index (χ3n) is 3.75. The standard InChI is InChI=1S/C18H25N3O2S2/c1-3-19-18(21-13-15(2)16-9-11-24-14-16)20-10-12-25(22,23)17-7-5-4-6-8-17/h4-9,11,14-15H,3,10,12-13H2,1-2H3,(H2,19,20,21). The Balaban J connectivity index is 1.90. The maximum Gasteiger partial charge on any atom is 0.191 e. The molecular formula is C18H25N3O2S2. The van der Waals surface area contributed by atoms with Crippen molar-refractivity contribution < 1.29 is 8.42 Å². The van der Waals surface area contributed by atoms with Crippen molar-refractivity contribution >= 4 is 27.1 Å². The highest BCUT2D eigenvalue weighted by Crippen LogP contribution is 2.18. The molecule has 0 amide bonds. The van der Waals surface area contributed by atoms with Gasteiger partial charge in [-0.1, -0.05) is 25.1 Å². The van der Waals surface area contributed by atoms with Crippen LogP contribution >= 0.6 is 11.3 Å². The maximum atomic E-state index is 12.3. The fraction of sp³-hybridized carbons (Fsp3) is 0.389. The van der Waals surface area contributed by atoms with Crippen LogP contribution in [0.1, 0.15) is 25.3 Å². The largest absolute Gasteiger partial charge is 0.357 e. The van der Waals surface area contributed by atoms with Crippen LogP contribution in [0.25, 0.3) is 0 Å². The smallest absolute Gasteiger partial charge is 0.191 e. The fourth-order valence-electron chi connectivity index (χ4n) is 2.28. The molecule has 2 rings (SSSR count). The SMILES string of the molecule is CCNC(=NCC(C)c1ccsc1)NCCS(=O)(=O)c1ccccc1. The van der Waals surface area contributed by atoms with Crippen LogP contribution < -0.4 is 10.6 Å². The Morgan fingerprint density at radius 3 is 2.60 bits per heavy atom. The molecule has 5 nitrogen and oxygen atoms in total. The lowest BCUT2D eigenvalue weighted by atomic mass is 10.1. The Morgan fingerprint density at radius 1 is 1.20 bits per heavy atom.